The lowest BCUT2D eigenvalue weighted by atomic mass is 10.1. The Morgan fingerprint density at radius 1 is 1.45 bits per heavy atom. The Labute approximate surface area is 123 Å². The molecule has 0 radical (unpaired) electrons. The summed E-state index contributed by atoms with van der Waals surface area (Å²) < 4.78 is 5.32. The summed E-state index contributed by atoms with van der Waals surface area (Å²) in [4.78, 5) is 22.5. The van der Waals surface area contributed by atoms with Gasteiger partial charge in [-0.25, -0.2) is 4.98 Å². The van der Waals surface area contributed by atoms with Crippen LogP contribution in [-0.2, 0) is 11.2 Å². The predicted octanol–water partition coefficient (Wildman–Crippen LogP) is 1.55. The van der Waals surface area contributed by atoms with Crippen molar-refractivity contribution >= 4 is 17.2 Å². The predicted molar refractivity (Wildman–Crippen MR) is 78.2 cm³/mol. The van der Waals surface area contributed by atoms with Crippen LogP contribution in [0.5, 0.6) is 0 Å². The molecule has 0 N–H and O–H groups in total. The summed E-state index contributed by atoms with van der Waals surface area (Å²) in [6.07, 6.45) is 2.05. The van der Waals surface area contributed by atoms with Crippen LogP contribution in [0.1, 0.15) is 39.8 Å². The van der Waals surface area contributed by atoms with Crippen LogP contribution in [0.2, 0.25) is 0 Å². The van der Waals surface area contributed by atoms with E-state index in [0.717, 1.165) is 31.6 Å². The Morgan fingerprint density at radius 3 is 2.95 bits per heavy atom. The normalized spacial score (nSPS) is 26.9. The van der Waals surface area contributed by atoms with Gasteiger partial charge in [-0.2, -0.15) is 0 Å². The van der Waals surface area contributed by atoms with Crippen LogP contribution in [0.4, 0.5) is 0 Å². The third kappa shape index (κ3) is 2.36. The molecule has 1 amide bonds. The van der Waals surface area contributed by atoms with Crippen molar-refractivity contribution in [2.24, 2.45) is 0 Å². The van der Waals surface area contributed by atoms with Gasteiger partial charge in [0, 0.05) is 44.1 Å². The van der Waals surface area contributed by atoms with Crippen molar-refractivity contribution in [2.45, 2.75) is 31.9 Å². The highest BCUT2D eigenvalue weighted by Crippen LogP contribution is 2.33. The van der Waals surface area contributed by atoms with Crippen molar-refractivity contribution in [3.63, 3.8) is 0 Å². The van der Waals surface area contributed by atoms with Crippen LogP contribution < -0.4 is 0 Å². The van der Waals surface area contributed by atoms with Gasteiger partial charge in [0.15, 0.2) is 5.01 Å². The van der Waals surface area contributed by atoms with E-state index in [-0.39, 0.29) is 12.0 Å². The van der Waals surface area contributed by atoms with Gasteiger partial charge in [-0.3, -0.25) is 9.69 Å². The maximum Gasteiger partial charge on any atom is 0.282 e. The SMILES string of the molecule is CO[C@@H]1CCN(C(=O)c2nc3c(s2)C(C)N(C)CC3)C1. The molecular weight excluding hydrogens is 274 g/mol. The van der Waals surface area contributed by atoms with E-state index in [9.17, 15) is 4.79 Å². The molecule has 0 saturated carbocycles. The summed E-state index contributed by atoms with van der Waals surface area (Å²) >= 11 is 1.57. The van der Waals surface area contributed by atoms with E-state index in [1.807, 2.05) is 4.90 Å². The standard InChI is InChI=1S/C14H21N3O2S/c1-9-12-11(5-6-16(9)2)15-13(20-12)14(18)17-7-4-10(8-17)19-3/h9-10H,4-8H2,1-3H3/t9?,10-/m1/s1. The number of hydrogen-bond donors (Lipinski definition) is 0. The van der Waals surface area contributed by atoms with Gasteiger partial charge in [-0.1, -0.05) is 0 Å². The summed E-state index contributed by atoms with van der Waals surface area (Å²) in [5, 5.41) is 0.647. The minimum Gasteiger partial charge on any atom is -0.380 e. The number of thiazole rings is 1. The van der Waals surface area contributed by atoms with Crippen LogP contribution in [0, 0.1) is 0 Å². The fourth-order valence-electron chi connectivity index (χ4n) is 2.88. The average Bonchev–Trinajstić information content (AvgIpc) is 3.08. The van der Waals surface area contributed by atoms with E-state index in [1.54, 1.807) is 18.4 Å². The highest BCUT2D eigenvalue weighted by atomic mass is 32.1. The molecule has 2 aliphatic rings. The van der Waals surface area contributed by atoms with Gasteiger partial charge >= 0.3 is 0 Å². The number of likely N-dealkylation sites (tertiary alicyclic amines) is 1. The summed E-state index contributed by atoms with van der Waals surface area (Å²) in [6.45, 7) is 4.66. The third-order valence-electron chi connectivity index (χ3n) is 4.42. The number of carbonyl (C=O) groups is 1. The first-order valence-electron chi connectivity index (χ1n) is 7.12. The molecule has 2 atom stereocenters. The molecule has 1 saturated heterocycles. The molecule has 20 heavy (non-hydrogen) atoms. The number of rotatable bonds is 2. The van der Waals surface area contributed by atoms with Crippen molar-refractivity contribution in [1.29, 1.82) is 0 Å². The van der Waals surface area contributed by atoms with Crippen LogP contribution in [0.3, 0.4) is 0 Å². The fraction of sp³-hybridized carbons (Fsp3) is 0.714. The quantitative estimate of drug-likeness (QED) is 0.830. The Balaban J connectivity index is 1.78. The molecular formula is C14H21N3O2S. The number of amides is 1. The second kappa shape index (κ2) is 5.42. The van der Waals surface area contributed by atoms with Crippen molar-refractivity contribution in [2.75, 3.05) is 33.8 Å². The largest absolute Gasteiger partial charge is 0.380 e. The first-order valence-corrected chi connectivity index (χ1v) is 7.93. The van der Waals surface area contributed by atoms with Gasteiger partial charge < -0.3 is 9.64 Å². The van der Waals surface area contributed by atoms with Crippen LogP contribution in [0.15, 0.2) is 0 Å². The number of aromatic nitrogens is 1. The summed E-state index contributed by atoms with van der Waals surface area (Å²) in [6, 6.07) is 0.364. The summed E-state index contributed by atoms with van der Waals surface area (Å²) in [5.74, 6) is 0.0683. The molecule has 6 heteroatoms. The molecule has 1 fully saturated rings. The zero-order valence-corrected chi connectivity index (χ0v) is 13.1. The maximum atomic E-state index is 12.5. The number of nitrogens with zero attached hydrogens (tertiary/aromatic N) is 3. The van der Waals surface area contributed by atoms with E-state index in [1.165, 1.54) is 4.88 Å². The maximum absolute atomic E-state index is 12.5. The third-order valence-corrected chi connectivity index (χ3v) is 5.67. The van der Waals surface area contributed by atoms with Crippen LogP contribution in [-0.4, -0.2) is 60.6 Å². The second-order valence-corrected chi connectivity index (χ2v) is 6.66. The van der Waals surface area contributed by atoms with E-state index in [2.05, 4.69) is 23.9 Å². The van der Waals surface area contributed by atoms with Crippen molar-refractivity contribution in [3.8, 4) is 0 Å². The average molecular weight is 295 g/mol. The fourth-order valence-corrected chi connectivity index (χ4v) is 4.07. The Kier molecular flexibility index (Phi) is 3.79. The molecule has 1 unspecified atom stereocenters. The van der Waals surface area contributed by atoms with Gasteiger partial charge in [0.25, 0.3) is 5.91 Å². The zero-order chi connectivity index (χ0) is 14.3. The number of ether oxygens (including phenoxy) is 1. The van der Waals surface area contributed by atoms with Gasteiger partial charge in [-0.15, -0.1) is 11.3 Å². The number of fused-ring (bicyclic) bond motifs is 1. The van der Waals surface area contributed by atoms with Crippen molar-refractivity contribution in [1.82, 2.24) is 14.8 Å². The van der Waals surface area contributed by atoms with E-state index in [0.29, 0.717) is 17.6 Å². The van der Waals surface area contributed by atoms with E-state index >= 15 is 0 Å². The second-order valence-electron chi connectivity index (χ2n) is 5.63. The monoisotopic (exact) mass is 295 g/mol. The van der Waals surface area contributed by atoms with Crippen molar-refractivity contribution < 1.29 is 9.53 Å². The molecule has 0 spiro atoms. The number of hydrogen-bond acceptors (Lipinski definition) is 5. The Morgan fingerprint density at radius 2 is 2.25 bits per heavy atom. The van der Waals surface area contributed by atoms with Crippen LogP contribution >= 0.6 is 11.3 Å². The van der Waals surface area contributed by atoms with Gasteiger partial charge in [0.05, 0.1) is 11.8 Å². The summed E-state index contributed by atoms with van der Waals surface area (Å²) in [7, 11) is 3.83. The first-order chi connectivity index (χ1) is 9.60. The molecule has 1 aromatic heterocycles. The summed E-state index contributed by atoms with van der Waals surface area (Å²) in [5.41, 5.74) is 1.12. The van der Waals surface area contributed by atoms with Gasteiger partial charge in [0.1, 0.15) is 0 Å². The highest BCUT2D eigenvalue weighted by Gasteiger charge is 2.31. The smallest absolute Gasteiger partial charge is 0.282 e. The van der Waals surface area contributed by atoms with Gasteiger partial charge in [0.2, 0.25) is 0 Å². The number of carbonyl (C=O) groups excluding carboxylic acids is 1. The minimum atomic E-state index is 0.0683. The lowest BCUT2D eigenvalue weighted by Crippen LogP contribution is -2.30. The molecule has 5 nitrogen and oxygen atoms in total. The van der Waals surface area contributed by atoms with Crippen molar-refractivity contribution in [3.05, 3.63) is 15.6 Å². The molecule has 2 aliphatic heterocycles. The molecule has 3 rings (SSSR count). The lowest BCUT2D eigenvalue weighted by Gasteiger charge is -2.28. The molecule has 110 valence electrons. The topological polar surface area (TPSA) is 45.7 Å². The number of likely N-dealkylation sites (N-methyl/N-ethyl adjacent to an activating group) is 1. The Hall–Kier alpha value is -0.980. The van der Waals surface area contributed by atoms with Gasteiger partial charge in [-0.05, 0) is 20.4 Å². The number of methoxy groups -OCH3 is 1. The molecule has 3 heterocycles. The molecule has 0 aliphatic carbocycles. The molecule has 0 bridgehead atoms. The lowest BCUT2D eigenvalue weighted by molar-refractivity contribution is 0.0723. The Bertz CT molecular complexity index is 517. The molecule has 0 aromatic carbocycles. The molecule has 1 aromatic rings. The minimum absolute atomic E-state index is 0.0683. The van der Waals surface area contributed by atoms with E-state index in [4.69, 9.17) is 4.74 Å². The van der Waals surface area contributed by atoms with Crippen LogP contribution in [0.25, 0.3) is 0 Å². The zero-order valence-electron chi connectivity index (χ0n) is 12.3. The highest BCUT2D eigenvalue weighted by molar-refractivity contribution is 7.13. The van der Waals surface area contributed by atoms with E-state index < -0.39 is 0 Å². The first kappa shape index (κ1) is 14.0.